The molecule has 1 aromatic heterocycles. The molecule has 0 spiro atoms. The SMILES string of the molecule is CCOC(=O)C1=C(C)N=c2s/c(=C\c3ccc(OC)c4ccccc34)c(=O)n2[C@@H]1c1ccc(OC(C)C)c(OC)c1. The molecule has 1 aliphatic heterocycles. The summed E-state index contributed by atoms with van der Waals surface area (Å²) in [5.41, 5.74) is 2.10. The number of fused-ring (bicyclic) bond motifs is 2. The van der Waals surface area contributed by atoms with Gasteiger partial charge in [0.25, 0.3) is 5.56 Å². The van der Waals surface area contributed by atoms with Crippen molar-refractivity contribution in [2.75, 3.05) is 20.8 Å². The molecular weight excluding hydrogens is 540 g/mol. The van der Waals surface area contributed by atoms with Crippen molar-refractivity contribution in [2.45, 2.75) is 39.8 Å². The van der Waals surface area contributed by atoms with Crippen LogP contribution in [0, 0.1) is 0 Å². The van der Waals surface area contributed by atoms with Gasteiger partial charge < -0.3 is 18.9 Å². The maximum Gasteiger partial charge on any atom is 0.338 e. The van der Waals surface area contributed by atoms with Crippen molar-refractivity contribution in [1.29, 1.82) is 0 Å². The summed E-state index contributed by atoms with van der Waals surface area (Å²) in [4.78, 5) is 32.5. The van der Waals surface area contributed by atoms with Gasteiger partial charge in [0, 0.05) is 5.39 Å². The maximum atomic E-state index is 14.1. The minimum Gasteiger partial charge on any atom is -0.496 e. The fourth-order valence-corrected chi connectivity index (χ4v) is 6.09. The second-order valence-electron chi connectivity index (χ2n) is 9.78. The number of esters is 1. The van der Waals surface area contributed by atoms with Crippen LogP contribution in [0.2, 0.25) is 0 Å². The summed E-state index contributed by atoms with van der Waals surface area (Å²) in [6, 6.07) is 16.4. The van der Waals surface area contributed by atoms with Crippen LogP contribution in [0.15, 0.2) is 75.7 Å². The van der Waals surface area contributed by atoms with Gasteiger partial charge in [-0.05, 0) is 68.5 Å². The zero-order chi connectivity index (χ0) is 29.3. The van der Waals surface area contributed by atoms with E-state index >= 15 is 0 Å². The van der Waals surface area contributed by atoms with E-state index in [1.54, 1.807) is 44.8 Å². The van der Waals surface area contributed by atoms with Gasteiger partial charge in [0.2, 0.25) is 0 Å². The van der Waals surface area contributed by atoms with Gasteiger partial charge >= 0.3 is 5.97 Å². The molecule has 0 N–H and O–H groups in total. The number of benzene rings is 3. The molecule has 0 saturated carbocycles. The topological polar surface area (TPSA) is 88.4 Å². The Labute approximate surface area is 241 Å². The average Bonchev–Trinajstić information content (AvgIpc) is 3.26. The lowest BCUT2D eigenvalue weighted by atomic mass is 9.95. The Hall–Kier alpha value is -4.37. The molecule has 0 unspecified atom stereocenters. The summed E-state index contributed by atoms with van der Waals surface area (Å²) < 4.78 is 24.6. The quantitative estimate of drug-likeness (QED) is 0.283. The summed E-state index contributed by atoms with van der Waals surface area (Å²) in [6.45, 7) is 7.57. The van der Waals surface area contributed by atoms with Crippen molar-refractivity contribution < 1.29 is 23.7 Å². The number of ether oxygens (including phenoxy) is 4. The van der Waals surface area contributed by atoms with E-state index in [9.17, 15) is 9.59 Å². The zero-order valence-corrected chi connectivity index (χ0v) is 24.7. The van der Waals surface area contributed by atoms with Gasteiger partial charge in [-0.15, -0.1) is 0 Å². The number of hydrogen-bond donors (Lipinski definition) is 0. The van der Waals surface area contributed by atoms with Crippen molar-refractivity contribution in [2.24, 2.45) is 4.99 Å². The van der Waals surface area contributed by atoms with Crippen molar-refractivity contribution in [3.8, 4) is 17.2 Å². The highest BCUT2D eigenvalue weighted by Crippen LogP contribution is 2.36. The number of rotatable bonds is 8. The number of allylic oxidation sites excluding steroid dienone is 1. The Balaban J connectivity index is 1.73. The highest BCUT2D eigenvalue weighted by Gasteiger charge is 2.34. The number of methoxy groups -OCH3 is 2. The summed E-state index contributed by atoms with van der Waals surface area (Å²) in [5.74, 6) is 1.31. The van der Waals surface area contributed by atoms with E-state index in [2.05, 4.69) is 4.99 Å². The Kier molecular flexibility index (Phi) is 7.99. The first kappa shape index (κ1) is 28.2. The van der Waals surface area contributed by atoms with Gasteiger partial charge in [0.1, 0.15) is 5.75 Å². The fraction of sp³-hybridized carbons (Fsp3) is 0.281. The van der Waals surface area contributed by atoms with Gasteiger partial charge in [0.05, 0.1) is 48.8 Å². The third kappa shape index (κ3) is 5.25. The fourth-order valence-electron chi connectivity index (χ4n) is 5.05. The van der Waals surface area contributed by atoms with E-state index < -0.39 is 12.0 Å². The van der Waals surface area contributed by atoms with E-state index in [1.165, 1.54) is 11.3 Å². The molecule has 8 nitrogen and oxygen atoms in total. The largest absolute Gasteiger partial charge is 0.496 e. The molecule has 0 saturated heterocycles. The van der Waals surface area contributed by atoms with Crippen molar-refractivity contribution in [3.63, 3.8) is 0 Å². The van der Waals surface area contributed by atoms with Gasteiger partial charge in [-0.3, -0.25) is 9.36 Å². The minimum absolute atomic E-state index is 0.0568. The van der Waals surface area contributed by atoms with E-state index in [-0.39, 0.29) is 18.3 Å². The predicted molar refractivity (Wildman–Crippen MR) is 160 cm³/mol. The first-order valence-electron chi connectivity index (χ1n) is 13.4. The van der Waals surface area contributed by atoms with Crippen LogP contribution >= 0.6 is 11.3 Å². The number of carbonyl (C=O) groups excluding carboxylic acids is 1. The molecule has 212 valence electrons. The van der Waals surface area contributed by atoms with Crippen molar-refractivity contribution in [3.05, 3.63) is 96.7 Å². The Morgan fingerprint density at radius 1 is 1.02 bits per heavy atom. The average molecular weight is 573 g/mol. The molecule has 0 amide bonds. The zero-order valence-electron chi connectivity index (χ0n) is 23.9. The Morgan fingerprint density at radius 3 is 2.41 bits per heavy atom. The monoisotopic (exact) mass is 572 g/mol. The van der Waals surface area contributed by atoms with Crippen LogP contribution in [0.3, 0.4) is 0 Å². The normalized spacial score (nSPS) is 15.1. The lowest BCUT2D eigenvalue weighted by molar-refractivity contribution is -0.139. The molecule has 0 bridgehead atoms. The molecule has 1 aliphatic rings. The van der Waals surface area contributed by atoms with Crippen molar-refractivity contribution in [1.82, 2.24) is 4.57 Å². The molecule has 0 fully saturated rings. The van der Waals surface area contributed by atoms with Crippen LogP contribution in [0.1, 0.15) is 44.9 Å². The van der Waals surface area contributed by atoms with E-state index in [0.29, 0.717) is 37.7 Å². The summed E-state index contributed by atoms with van der Waals surface area (Å²) in [6.07, 6.45) is 1.81. The lowest BCUT2D eigenvalue weighted by Crippen LogP contribution is -2.40. The maximum absolute atomic E-state index is 14.1. The summed E-state index contributed by atoms with van der Waals surface area (Å²) >= 11 is 1.28. The summed E-state index contributed by atoms with van der Waals surface area (Å²) in [5, 5.41) is 1.91. The number of hydrogen-bond acceptors (Lipinski definition) is 8. The molecule has 0 aliphatic carbocycles. The molecule has 1 atom stereocenters. The van der Waals surface area contributed by atoms with Gasteiger partial charge in [-0.1, -0.05) is 47.7 Å². The number of aromatic nitrogens is 1. The highest BCUT2D eigenvalue weighted by molar-refractivity contribution is 7.07. The Bertz CT molecular complexity index is 1850. The number of carbonyl (C=O) groups is 1. The van der Waals surface area contributed by atoms with Gasteiger partial charge in [-0.25, -0.2) is 9.79 Å². The van der Waals surface area contributed by atoms with Crippen LogP contribution in [0.25, 0.3) is 16.8 Å². The molecule has 4 aromatic rings. The van der Waals surface area contributed by atoms with Gasteiger partial charge in [-0.2, -0.15) is 0 Å². The number of thiazole rings is 1. The predicted octanol–water partition coefficient (Wildman–Crippen LogP) is 4.76. The second kappa shape index (κ2) is 11.6. The van der Waals surface area contributed by atoms with E-state index in [0.717, 1.165) is 22.1 Å². The molecule has 0 radical (unpaired) electrons. The Morgan fingerprint density at radius 2 is 1.73 bits per heavy atom. The number of nitrogens with zero attached hydrogens (tertiary/aromatic N) is 2. The molecular formula is C32H32N2O6S. The van der Waals surface area contributed by atoms with Crippen LogP contribution < -0.4 is 29.1 Å². The molecule has 41 heavy (non-hydrogen) atoms. The van der Waals surface area contributed by atoms with Crippen LogP contribution in [0.4, 0.5) is 0 Å². The first-order chi connectivity index (χ1) is 19.8. The third-order valence-corrected chi connectivity index (χ3v) is 7.79. The lowest BCUT2D eigenvalue weighted by Gasteiger charge is -2.25. The standard InChI is InChI=1S/C32H32N2O6S/c1-7-39-31(36)28-19(4)33-32-34(29(28)21-13-15-25(40-18(2)3)26(16-21)38-6)30(35)27(41-32)17-20-12-14-24(37-5)23-11-9-8-10-22(20)23/h8-18,29H,7H2,1-6H3/b27-17-/t29-/m1/s1. The van der Waals surface area contributed by atoms with Crippen LogP contribution in [-0.2, 0) is 9.53 Å². The third-order valence-electron chi connectivity index (χ3n) is 6.81. The smallest absolute Gasteiger partial charge is 0.338 e. The molecule has 2 heterocycles. The summed E-state index contributed by atoms with van der Waals surface area (Å²) in [7, 11) is 3.20. The van der Waals surface area contributed by atoms with Crippen molar-refractivity contribution >= 4 is 34.2 Å². The van der Waals surface area contributed by atoms with Crippen LogP contribution in [-0.4, -0.2) is 37.5 Å². The minimum atomic E-state index is -0.762. The van der Waals surface area contributed by atoms with E-state index in [4.69, 9.17) is 18.9 Å². The second-order valence-corrected chi connectivity index (χ2v) is 10.8. The molecule has 9 heteroatoms. The van der Waals surface area contributed by atoms with Crippen LogP contribution in [0.5, 0.6) is 17.2 Å². The first-order valence-corrected chi connectivity index (χ1v) is 14.2. The molecule has 5 rings (SSSR count). The van der Waals surface area contributed by atoms with E-state index in [1.807, 2.05) is 62.4 Å². The van der Waals surface area contributed by atoms with Gasteiger partial charge in [0.15, 0.2) is 16.3 Å². The molecule has 3 aromatic carbocycles. The highest BCUT2D eigenvalue weighted by atomic mass is 32.1.